The Kier molecular flexibility index (Phi) is 61.3. The van der Waals surface area contributed by atoms with Gasteiger partial charge in [-0.25, -0.2) is 0 Å². The molecule has 0 bridgehead atoms. The Labute approximate surface area is 476 Å². The summed E-state index contributed by atoms with van der Waals surface area (Å²) in [5.41, 5.74) is 0. The van der Waals surface area contributed by atoms with Gasteiger partial charge in [0.1, 0.15) is 13.2 Å². The zero-order valence-corrected chi connectivity index (χ0v) is 50.4. The lowest BCUT2D eigenvalue weighted by molar-refractivity contribution is -0.167. The molecule has 0 saturated heterocycles. The normalized spacial score (nSPS) is 12.8. The zero-order chi connectivity index (χ0) is 55.7. The minimum atomic E-state index is -0.801. The van der Waals surface area contributed by atoms with Crippen molar-refractivity contribution in [2.75, 3.05) is 13.2 Å². The molecule has 0 aromatic heterocycles. The maximum absolute atomic E-state index is 12.9. The highest BCUT2D eigenvalue weighted by atomic mass is 16.6. The average Bonchev–Trinajstić information content (AvgIpc) is 3.43. The minimum Gasteiger partial charge on any atom is -0.462 e. The van der Waals surface area contributed by atoms with Gasteiger partial charge in [0.2, 0.25) is 0 Å². The molecule has 0 amide bonds. The van der Waals surface area contributed by atoms with Crippen molar-refractivity contribution in [1.29, 1.82) is 0 Å². The van der Waals surface area contributed by atoms with E-state index in [1.165, 1.54) is 122 Å². The first-order chi connectivity index (χ1) is 38.0. The van der Waals surface area contributed by atoms with Crippen LogP contribution in [0.2, 0.25) is 0 Å². The molecule has 0 aliphatic carbocycles. The maximum atomic E-state index is 12.9. The van der Waals surface area contributed by atoms with Crippen molar-refractivity contribution in [3.8, 4) is 0 Å². The molecule has 1 atom stereocenters. The van der Waals surface area contributed by atoms with Crippen LogP contribution < -0.4 is 0 Å². The van der Waals surface area contributed by atoms with Crippen LogP contribution in [0, 0.1) is 0 Å². The van der Waals surface area contributed by atoms with Gasteiger partial charge in [0.05, 0.1) is 0 Å². The van der Waals surface area contributed by atoms with E-state index in [1.807, 2.05) is 0 Å². The number of carbonyl (C=O) groups excluding carboxylic acids is 3. The second-order valence-corrected chi connectivity index (χ2v) is 21.3. The van der Waals surface area contributed by atoms with Crippen LogP contribution in [0.25, 0.3) is 0 Å². The second-order valence-electron chi connectivity index (χ2n) is 21.3. The summed E-state index contributed by atoms with van der Waals surface area (Å²) in [6.07, 6.45) is 88.2. The first kappa shape index (κ1) is 73.1. The summed E-state index contributed by atoms with van der Waals surface area (Å²) in [4.78, 5) is 38.3. The van der Waals surface area contributed by atoms with Crippen molar-refractivity contribution < 1.29 is 28.6 Å². The van der Waals surface area contributed by atoms with Gasteiger partial charge >= 0.3 is 17.9 Å². The first-order valence-electron chi connectivity index (χ1n) is 32.4. The Morgan fingerprint density at radius 3 is 0.792 bits per heavy atom. The third-order valence-corrected chi connectivity index (χ3v) is 13.7. The predicted molar refractivity (Wildman–Crippen MR) is 334 cm³/mol. The molecule has 440 valence electrons. The Morgan fingerprint density at radius 2 is 0.506 bits per heavy atom. The van der Waals surface area contributed by atoms with Crippen LogP contribution in [0.3, 0.4) is 0 Å². The number of allylic oxidation sites excluding steroid dienone is 18. The standard InChI is InChI=1S/C71H120O6/c1-4-7-10-13-16-19-22-25-28-30-31-32-33-34-35-36-37-38-39-41-43-46-49-52-55-58-61-64-70(73)76-67-68(66-75-69(72)63-60-57-54-51-48-45-42-27-24-21-18-15-12-9-6-3)77-71(74)65-62-59-56-53-50-47-44-40-29-26-23-20-17-14-11-8-5-2/h8-9,11-12,17-18,20-22,25-27,29-31,42,44,47,68H,4-7,10,13-16,19,23-24,28,32-41,43,45-46,48-67H2,1-3H3/b11-8-,12-9-,20-17-,21-18-,25-22-,29-26-,31-30-,42-27-,47-44-. The molecule has 6 nitrogen and oxygen atoms in total. The summed E-state index contributed by atoms with van der Waals surface area (Å²) in [5.74, 6) is -0.929. The number of rotatable bonds is 58. The highest BCUT2D eigenvalue weighted by molar-refractivity contribution is 5.71. The molecule has 1 unspecified atom stereocenters. The van der Waals surface area contributed by atoms with Crippen molar-refractivity contribution in [3.05, 3.63) is 109 Å². The number of unbranched alkanes of at least 4 members (excludes halogenated alkanes) is 29. The van der Waals surface area contributed by atoms with Crippen molar-refractivity contribution in [2.45, 2.75) is 309 Å². The third-order valence-electron chi connectivity index (χ3n) is 13.7. The van der Waals surface area contributed by atoms with E-state index in [1.54, 1.807) is 0 Å². The number of carbonyl (C=O) groups is 3. The van der Waals surface area contributed by atoms with Crippen LogP contribution >= 0.6 is 0 Å². The van der Waals surface area contributed by atoms with E-state index < -0.39 is 6.10 Å². The SMILES string of the molecule is CC/C=C\C/C=C\C/C=C\C/C=C\CCCCCCC(=O)OC(COC(=O)CCCCCCC/C=C\C/C=C\C/C=C\CC)COC(=O)CCCCCCCCCCCCCCCCC/C=C\C/C=C\CCCCCCC. The molecule has 0 rings (SSSR count). The van der Waals surface area contributed by atoms with E-state index in [4.69, 9.17) is 14.2 Å². The lowest BCUT2D eigenvalue weighted by Gasteiger charge is -2.18. The predicted octanol–water partition coefficient (Wildman–Crippen LogP) is 22.2. The van der Waals surface area contributed by atoms with Crippen LogP contribution in [-0.4, -0.2) is 37.2 Å². The van der Waals surface area contributed by atoms with E-state index in [-0.39, 0.29) is 31.1 Å². The number of esters is 3. The lowest BCUT2D eigenvalue weighted by Crippen LogP contribution is -2.30. The summed E-state index contributed by atoms with van der Waals surface area (Å²) >= 11 is 0. The van der Waals surface area contributed by atoms with E-state index in [0.717, 1.165) is 141 Å². The van der Waals surface area contributed by atoms with E-state index >= 15 is 0 Å². The topological polar surface area (TPSA) is 78.9 Å². The Balaban J connectivity index is 4.33. The summed E-state index contributed by atoms with van der Waals surface area (Å²) in [6, 6.07) is 0. The molecular formula is C71H120O6. The Bertz CT molecular complexity index is 1560. The van der Waals surface area contributed by atoms with Crippen LogP contribution in [0.15, 0.2) is 109 Å². The summed E-state index contributed by atoms with van der Waals surface area (Å²) in [5, 5.41) is 0. The highest BCUT2D eigenvalue weighted by Gasteiger charge is 2.19. The molecule has 0 spiro atoms. The monoisotopic (exact) mass is 1070 g/mol. The molecular weight excluding hydrogens is 949 g/mol. The van der Waals surface area contributed by atoms with Gasteiger partial charge in [-0.2, -0.15) is 0 Å². The first-order valence-corrected chi connectivity index (χ1v) is 32.4. The molecule has 0 aromatic carbocycles. The van der Waals surface area contributed by atoms with E-state index in [2.05, 4.69) is 130 Å². The minimum absolute atomic E-state index is 0.0938. The molecule has 0 aromatic rings. The van der Waals surface area contributed by atoms with Crippen LogP contribution in [0.5, 0.6) is 0 Å². The fourth-order valence-electron chi connectivity index (χ4n) is 8.95. The van der Waals surface area contributed by atoms with E-state index in [0.29, 0.717) is 19.3 Å². The van der Waals surface area contributed by atoms with Gasteiger partial charge in [-0.15, -0.1) is 0 Å². The fraction of sp³-hybridized carbons (Fsp3) is 0.704. The average molecular weight is 1070 g/mol. The van der Waals surface area contributed by atoms with Gasteiger partial charge in [-0.1, -0.05) is 271 Å². The van der Waals surface area contributed by atoms with Gasteiger partial charge in [0.15, 0.2) is 6.10 Å². The molecule has 0 N–H and O–H groups in total. The Hall–Kier alpha value is -3.93. The lowest BCUT2D eigenvalue weighted by atomic mass is 10.0. The van der Waals surface area contributed by atoms with Crippen molar-refractivity contribution in [2.24, 2.45) is 0 Å². The van der Waals surface area contributed by atoms with Crippen molar-refractivity contribution >= 4 is 17.9 Å². The Morgan fingerprint density at radius 1 is 0.273 bits per heavy atom. The van der Waals surface area contributed by atoms with Gasteiger partial charge in [0.25, 0.3) is 0 Å². The smallest absolute Gasteiger partial charge is 0.306 e. The molecule has 0 fully saturated rings. The van der Waals surface area contributed by atoms with Crippen molar-refractivity contribution in [3.63, 3.8) is 0 Å². The quantitative estimate of drug-likeness (QED) is 0.0261. The molecule has 77 heavy (non-hydrogen) atoms. The molecule has 0 saturated carbocycles. The van der Waals surface area contributed by atoms with Gasteiger partial charge in [-0.3, -0.25) is 14.4 Å². The maximum Gasteiger partial charge on any atom is 0.306 e. The summed E-state index contributed by atoms with van der Waals surface area (Å²) < 4.78 is 16.9. The van der Waals surface area contributed by atoms with Gasteiger partial charge in [-0.05, 0) is 122 Å². The highest BCUT2D eigenvalue weighted by Crippen LogP contribution is 2.16. The number of hydrogen-bond acceptors (Lipinski definition) is 6. The van der Waals surface area contributed by atoms with Crippen LogP contribution in [0.1, 0.15) is 303 Å². The van der Waals surface area contributed by atoms with Crippen LogP contribution in [-0.2, 0) is 28.6 Å². The largest absolute Gasteiger partial charge is 0.462 e. The second kappa shape index (κ2) is 64.6. The van der Waals surface area contributed by atoms with Gasteiger partial charge in [0, 0.05) is 19.3 Å². The molecule has 0 aliphatic heterocycles. The summed E-state index contributed by atoms with van der Waals surface area (Å²) in [7, 11) is 0. The molecule has 0 radical (unpaired) electrons. The number of ether oxygens (including phenoxy) is 3. The molecule has 0 heterocycles. The third kappa shape index (κ3) is 62.8. The number of hydrogen-bond donors (Lipinski definition) is 0. The van der Waals surface area contributed by atoms with E-state index in [9.17, 15) is 14.4 Å². The van der Waals surface area contributed by atoms with Gasteiger partial charge < -0.3 is 14.2 Å². The molecule has 0 aliphatic rings. The molecule has 6 heteroatoms. The fourth-order valence-corrected chi connectivity index (χ4v) is 8.95. The summed E-state index contributed by atoms with van der Waals surface area (Å²) in [6.45, 7) is 6.39. The van der Waals surface area contributed by atoms with Crippen molar-refractivity contribution in [1.82, 2.24) is 0 Å². The van der Waals surface area contributed by atoms with Crippen LogP contribution in [0.4, 0.5) is 0 Å². The zero-order valence-electron chi connectivity index (χ0n) is 50.4.